The van der Waals surface area contributed by atoms with Gasteiger partial charge in [0.05, 0.1) is 24.0 Å². The van der Waals surface area contributed by atoms with Crippen molar-refractivity contribution in [2.75, 3.05) is 7.05 Å². The third kappa shape index (κ3) is 2.70. The maximum absolute atomic E-state index is 12.4. The van der Waals surface area contributed by atoms with Gasteiger partial charge in [-0.25, -0.2) is 4.98 Å². The monoisotopic (exact) mass is 307 g/mol. The van der Waals surface area contributed by atoms with E-state index in [2.05, 4.69) is 22.5 Å². The minimum Gasteiger partial charge on any atom is -0.365 e. The van der Waals surface area contributed by atoms with E-state index in [9.17, 15) is 4.79 Å². The highest BCUT2D eigenvalue weighted by atomic mass is 32.1. The summed E-state index contributed by atoms with van der Waals surface area (Å²) in [5.74, 6) is 0.0700. The largest absolute Gasteiger partial charge is 0.365 e. The first kappa shape index (κ1) is 14.5. The number of imidazole rings is 1. The number of aryl methyl sites for hydroxylation is 2. The molecule has 0 bridgehead atoms. The molecule has 5 nitrogen and oxygen atoms in total. The number of likely N-dealkylation sites (N-methyl/N-ethyl adjacent to an activating group) is 1. The molecule has 1 amide bonds. The van der Waals surface area contributed by atoms with Crippen molar-refractivity contribution in [2.24, 2.45) is 0 Å². The highest BCUT2D eigenvalue weighted by Crippen LogP contribution is 2.24. The molecule has 21 heavy (non-hydrogen) atoms. The van der Waals surface area contributed by atoms with Crippen LogP contribution in [0.1, 0.15) is 36.0 Å². The molecule has 114 valence electrons. The number of carbonyl (C=O) groups is 1. The molecule has 1 aliphatic rings. The molecule has 6 heteroatoms. The average Bonchev–Trinajstić information content (AvgIpc) is 3.07. The molecule has 1 fully saturated rings. The van der Waals surface area contributed by atoms with Crippen LogP contribution in [0.2, 0.25) is 0 Å². The number of nitrogens with zero attached hydrogens (tertiary/aromatic N) is 3. The number of carbonyl (C=O) groups excluding carboxylic acids is 1. The SMILES string of the molecule is Cc1cn2c(CN(C)C(=O)[C@H]3CC[C@H](C)O3)c(C)nc2s1. The van der Waals surface area contributed by atoms with E-state index in [-0.39, 0.29) is 18.1 Å². The summed E-state index contributed by atoms with van der Waals surface area (Å²) in [6.45, 7) is 6.65. The first-order valence-corrected chi connectivity index (χ1v) is 8.11. The molecule has 2 aromatic rings. The van der Waals surface area contributed by atoms with Crippen molar-refractivity contribution < 1.29 is 9.53 Å². The summed E-state index contributed by atoms with van der Waals surface area (Å²) in [6, 6.07) is 0. The Morgan fingerprint density at radius 2 is 2.29 bits per heavy atom. The van der Waals surface area contributed by atoms with Crippen LogP contribution in [0.3, 0.4) is 0 Å². The van der Waals surface area contributed by atoms with Crippen LogP contribution in [0.4, 0.5) is 0 Å². The molecular formula is C15H21N3O2S. The first-order chi connectivity index (χ1) is 9.95. The molecule has 0 spiro atoms. The Morgan fingerprint density at radius 1 is 1.52 bits per heavy atom. The molecule has 0 aliphatic carbocycles. The van der Waals surface area contributed by atoms with Crippen LogP contribution in [-0.2, 0) is 16.1 Å². The van der Waals surface area contributed by atoms with Gasteiger partial charge in [0.15, 0.2) is 4.96 Å². The van der Waals surface area contributed by atoms with Crippen LogP contribution >= 0.6 is 11.3 Å². The number of rotatable bonds is 3. The highest BCUT2D eigenvalue weighted by molar-refractivity contribution is 7.17. The van der Waals surface area contributed by atoms with E-state index in [1.807, 2.05) is 20.9 Å². The second kappa shape index (κ2) is 5.42. The molecular weight excluding hydrogens is 286 g/mol. The smallest absolute Gasteiger partial charge is 0.251 e. The molecule has 0 N–H and O–H groups in total. The molecule has 3 heterocycles. The van der Waals surface area contributed by atoms with Crippen molar-refractivity contribution in [3.8, 4) is 0 Å². The zero-order valence-electron chi connectivity index (χ0n) is 12.9. The zero-order valence-corrected chi connectivity index (χ0v) is 13.7. The lowest BCUT2D eigenvalue weighted by Gasteiger charge is -2.21. The Labute approximate surface area is 128 Å². The fraction of sp³-hybridized carbons (Fsp3) is 0.600. The normalized spacial score (nSPS) is 22.1. The molecule has 0 saturated carbocycles. The Bertz CT molecular complexity index is 676. The number of aromatic nitrogens is 2. The second-order valence-corrected chi connectivity index (χ2v) is 7.06. The lowest BCUT2D eigenvalue weighted by atomic mass is 10.2. The number of hydrogen-bond donors (Lipinski definition) is 0. The minimum absolute atomic E-state index is 0.0700. The van der Waals surface area contributed by atoms with Crippen molar-refractivity contribution in [3.05, 3.63) is 22.5 Å². The standard InChI is InChI=1S/C15H21N3O2S/c1-9-5-6-13(20-9)14(19)17(4)8-12-11(3)16-15-18(12)7-10(2)21-15/h7,9,13H,5-6,8H2,1-4H3/t9-,13+/m0/s1. The summed E-state index contributed by atoms with van der Waals surface area (Å²) < 4.78 is 7.77. The third-order valence-electron chi connectivity index (χ3n) is 4.01. The predicted octanol–water partition coefficient (Wildman–Crippen LogP) is 2.54. The Balaban J connectivity index is 1.78. The van der Waals surface area contributed by atoms with Gasteiger partial charge < -0.3 is 9.64 Å². The van der Waals surface area contributed by atoms with Crippen molar-refractivity contribution >= 4 is 22.2 Å². The van der Waals surface area contributed by atoms with Gasteiger partial charge in [-0.15, -0.1) is 11.3 Å². The maximum atomic E-state index is 12.4. The topological polar surface area (TPSA) is 46.8 Å². The van der Waals surface area contributed by atoms with E-state index in [0.29, 0.717) is 6.54 Å². The van der Waals surface area contributed by atoms with Gasteiger partial charge in [-0.05, 0) is 33.6 Å². The van der Waals surface area contributed by atoms with E-state index >= 15 is 0 Å². The van der Waals surface area contributed by atoms with Gasteiger partial charge in [0, 0.05) is 18.1 Å². The van der Waals surface area contributed by atoms with E-state index in [0.717, 1.165) is 29.2 Å². The van der Waals surface area contributed by atoms with Gasteiger partial charge in [-0.3, -0.25) is 9.20 Å². The van der Waals surface area contributed by atoms with Crippen molar-refractivity contribution in [1.82, 2.24) is 14.3 Å². The van der Waals surface area contributed by atoms with E-state index < -0.39 is 0 Å². The van der Waals surface area contributed by atoms with E-state index in [1.54, 1.807) is 16.2 Å². The molecule has 0 radical (unpaired) electrons. The van der Waals surface area contributed by atoms with Crippen LogP contribution in [-0.4, -0.2) is 39.4 Å². The van der Waals surface area contributed by atoms with Crippen molar-refractivity contribution in [3.63, 3.8) is 0 Å². The van der Waals surface area contributed by atoms with Crippen LogP contribution in [0.25, 0.3) is 4.96 Å². The fourth-order valence-electron chi connectivity index (χ4n) is 2.83. The first-order valence-electron chi connectivity index (χ1n) is 7.30. The number of hydrogen-bond acceptors (Lipinski definition) is 4. The lowest BCUT2D eigenvalue weighted by Crippen LogP contribution is -2.36. The molecule has 1 saturated heterocycles. The second-order valence-electron chi connectivity index (χ2n) is 5.85. The minimum atomic E-state index is -0.280. The quantitative estimate of drug-likeness (QED) is 0.875. The number of thiazole rings is 1. The predicted molar refractivity (Wildman–Crippen MR) is 82.6 cm³/mol. The zero-order chi connectivity index (χ0) is 15.1. The van der Waals surface area contributed by atoms with Crippen molar-refractivity contribution in [1.29, 1.82) is 0 Å². The van der Waals surface area contributed by atoms with Crippen LogP contribution in [0, 0.1) is 13.8 Å². The summed E-state index contributed by atoms with van der Waals surface area (Å²) in [5.41, 5.74) is 2.07. The molecule has 3 rings (SSSR count). The molecule has 0 unspecified atom stereocenters. The number of fused-ring (bicyclic) bond motifs is 1. The summed E-state index contributed by atoms with van der Waals surface area (Å²) in [5, 5.41) is 0. The van der Waals surface area contributed by atoms with Gasteiger partial charge in [0.1, 0.15) is 6.10 Å². The van der Waals surface area contributed by atoms with Gasteiger partial charge in [-0.2, -0.15) is 0 Å². The molecule has 2 aromatic heterocycles. The van der Waals surface area contributed by atoms with Crippen molar-refractivity contribution in [2.45, 2.75) is 52.4 Å². The van der Waals surface area contributed by atoms with Gasteiger partial charge in [0.25, 0.3) is 5.91 Å². The van der Waals surface area contributed by atoms with Gasteiger partial charge >= 0.3 is 0 Å². The number of amides is 1. The van der Waals surface area contributed by atoms with Crippen LogP contribution in [0.5, 0.6) is 0 Å². The Morgan fingerprint density at radius 3 is 2.95 bits per heavy atom. The van der Waals surface area contributed by atoms with Gasteiger partial charge in [0.2, 0.25) is 0 Å². The lowest BCUT2D eigenvalue weighted by molar-refractivity contribution is -0.141. The van der Waals surface area contributed by atoms with Crippen LogP contribution in [0.15, 0.2) is 6.20 Å². The van der Waals surface area contributed by atoms with E-state index in [4.69, 9.17) is 4.74 Å². The molecule has 1 aliphatic heterocycles. The van der Waals surface area contributed by atoms with Gasteiger partial charge in [-0.1, -0.05) is 0 Å². The Hall–Kier alpha value is -1.40. The number of ether oxygens (including phenoxy) is 1. The summed E-state index contributed by atoms with van der Waals surface area (Å²) >= 11 is 1.67. The fourth-order valence-corrected chi connectivity index (χ4v) is 3.72. The van der Waals surface area contributed by atoms with Crippen LogP contribution < -0.4 is 0 Å². The average molecular weight is 307 g/mol. The summed E-state index contributed by atoms with van der Waals surface area (Å²) in [7, 11) is 1.84. The molecule has 2 atom stereocenters. The summed E-state index contributed by atoms with van der Waals surface area (Å²) in [6.07, 6.45) is 3.78. The Kier molecular flexibility index (Phi) is 3.75. The maximum Gasteiger partial charge on any atom is 0.251 e. The highest BCUT2D eigenvalue weighted by Gasteiger charge is 2.30. The van der Waals surface area contributed by atoms with E-state index in [1.165, 1.54) is 4.88 Å². The summed E-state index contributed by atoms with van der Waals surface area (Å²) in [4.78, 5) is 21.0. The molecule has 0 aromatic carbocycles. The third-order valence-corrected chi connectivity index (χ3v) is 4.91.